The van der Waals surface area contributed by atoms with Gasteiger partial charge in [0.1, 0.15) is 6.10 Å². The lowest BCUT2D eigenvalue weighted by Gasteiger charge is -2.45. The predicted molar refractivity (Wildman–Crippen MR) is 94.4 cm³/mol. The molecule has 4 rings (SSSR count). The molecule has 1 saturated heterocycles. The summed E-state index contributed by atoms with van der Waals surface area (Å²) in [5.41, 5.74) is 5.09. The zero-order chi connectivity index (χ0) is 16.5. The van der Waals surface area contributed by atoms with Gasteiger partial charge in [0.25, 0.3) is 0 Å². The predicted octanol–water partition coefficient (Wildman–Crippen LogP) is 1.67. The monoisotopic (exact) mass is 345 g/mol. The Kier molecular flexibility index (Phi) is 4.47. The minimum absolute atomic E-state index is 0.441. The van der Waals surface area contributed by atoms with Gasteiger partial charge in [-0.1, -0.05) is 0 Å². The van der Waals surface area contributed by atoms with Gasteiger partial charge in [-0.3, -0.25) is 4.90 Å². The van der Waals surface area contributed by atoms with Crippen molar-refractivity contribution in [1.82, 2.24) is 20.1 Å². The minimum Gasteiger partial charge on any atom is -0.385 e. The van der Waals surface area contributed by atoms with Crippen LogP contribution in [0.15, 0.2) is 17.0 Å². The van der Waals surface area contributed by atoms with E-state index in [1.54, 1.807) is 5.51 Å². The first-order valence-corrected chi connectivity index (χ1v) is 9.52. The maximum atomic E-state index is 10.2. The second-order valence-corrected chi connectivity index (χ2v) is 7.53. The average molecular weight is 345 g/mol. The Morgan fingerprint density at radius 2 is 2.17 bits per heavy atom. The third kappa shape index (κ3) is 3.16. The van der Waals surface area contributed by atoms with E-state index < -0.39 is 6.10 Å². The summed E-state index contributed by atoms with van der Waals surface area (Å²) in [5, 5.41) is 21.0. The van der Waals surface area contributed by atoms with Crippen molar-refractivity contribution < 1.29 is 5.11 Å². The second-order valence-electron chi connectivity index (χ2n) is 6.81. The van der Waals surface area contributed by atoms with Gasteiger partial charge in [0.2, 0.25) is 0 Å². The highest BCUT2D eigenvalue weighted by atomic mass is 32.1. The topological polar surface area (TPSA) is 65.4 Å². The van der Waals surface area contributed by atoms with Gasteiger partial charge in [-0.25, -0.2) is 4.98 Å². The average Bonchev–Trinajstić information content (AvgIpc) is 3.08. The van der Waals surface area contributed by atoms with E-state index >= 15 is 0 Å². The van der Waals surface area contributed by atoms with Crippen molar-refractivity contribution in [2.24, 2.45) is 0 Å². The summed E-state index contributed by atoms with van der Waals surface area (Å²) in [7, 11) is 2.07. The van der Waals surface area contributed by atoms with Crippen LogP contribution in [0.4, 0.5) is 5.82 Å². The first-order valence-electron chi connectivity index (χ1n) is 8.57. The summed E-state index contributed by atoms with van der Waals surface area (Å²) < 4.78 is 0. The molecule has 24 heavy (non-hydrogen) atoms. The number of rotatable bonds is 5. The lowest BCUT2D eigenvalue weighted by Crippen LogP contribution is -2.59. The van der Waals surface area contributed by atoms with E-state index in [2.05, 4.69) is 38.1 Å². The van der Waals surface area contributed by atoms with Gasteiger partial charge in [0.05, 0.1) is 16.9 Å². The first-order chi connectivity index (χ1) is 11.7. The quantitative estimate of drug-likeness (QED) is 0.889. The van der Waals surface area contributed by atoms with E-state index in [4.69, 9.17) is 0 Å². The van der Waals surface area contributed by atoms with Gasteiger partial charge in [0.15, 0.2) is 5.82 Å². The normalized spacial score (nSPS) is 19.2. The fraction of sp³-hybridized carbons (Fsp3) is 0.588. The molecule has 1 atom stereocenters. The number of anilines is 1. The minimum atomic E-state index is -0.515. The Balaban J connectivity index is 1.32. The van der Waals surface area contributed by atoms with Gasteiger partial charge < -0.3 is 10.0 Å². The second kappa shape index (κ2) is 6.74. The molecule has 1 aliphatic heterocycles. The van der Waals surface area contributed by atoms with Crippen molar-refractivity contribution in [2.75, 3.05) is 31.6 Å². The molecule has 2 aliphatic rings. The Labute approximate surface area is 146 Å². The van der Waals surface area contributed by atoms with Crippen molar-refractivity contribution in [2.45, 2.75) is 37.8 Å². The fourth-order valence-corrected chi connectivity index (χ4v) is 4.06. The van der Waals surface area contributed by atoms with E-state index in [0.717, 1.165) is 37.4 Å². The standard InChI is InChI=1S/C17H23N5OS/c1-21(9-16(23)15-10-24-11-18-15)13-7-22(8-13)17-6-12-4-2-3-5-14(12)19-20-17/h6,10-11,13,16,23H,2-5,7-9H2,1H3. The molecule has 0 saturated carbocycles. The SMILES string of the molecule is CN(CC(O)c1cscn1)C1CN(c2cc3c(nn2)CCCC3)C1. The zero-order valence-corrected chi connectivity index (χ0v) is 14.7. The number of thiazole rings is 1. The molecule has 2 aromatic rings. The van der Waals surface area contributed by atoms with Crippen molar-refractivity contribution in [3.05, 3.63) is 33.9 Å². The first kappa shape index (κ1) is 15.9. The van der Waals surface area contributed by atoms with Gasteiger partial charge in [0, 0.05) is 31.1 Å². The van der Waals surface area contributed by atoms with Gasteiger partial charge >= 0.3 is 0 Å². The molecule has 3 heterocycles. The van der Waals surface area contributed by atoms with E-state index in [1.807, 2.05) is 5.38 Å². The third-order valence-electron chi connectivity index (χ3n) is 5.12. The van der Waals surface area contributed by atoms with E-state index in [1.165, 1.54) is 35.4 Å². The molecule has 2 aromatic heterocycles. The molecule has 0 radical (unpaired) electrons. The van der Waals surface area contributed by atoms with E-state index in [9.17, 15) is 5.11 Å². The molecule has 6 nitrogen and oxygen atoms in total. The summed E-state index contributed by atoms with van der Waals surface area (Å²) in [6.07, 6.45) is 4.19. The number of aliphatic hydroxyl groups is 1. The largest absolute Gasteiger partial charge is 0.385 e. The van der Waals surface area contributed by atoms with Crippen LogP contribution in [0, 0.1) is 0 Å². The van der Waals surface area contributed by atoms with Gasteiger partial charge in [-0.05, 0) is 44.4 Å². The molecule has 128 valence electrons. The molecule has 0 bridgehead atoms. The molecule has 1 unspecified atom stereocenters. The van der Waals surface area contributed by atoms with Crippen molar-refractivity contribution in [3.8, 4) is 0 Å². The summed E-state index contributed by atoms with van der Waals surface area (Å²) in [5.74, 6) is 1.00. The number of hydrogen-bond acceptors (Lipinski definition) is 7. The highest BCUT2D eigenvalue weighted by Crippen LogP contribution is 2.26. The number of fused-ring (bicyclic) bond motifs is 1. The van der Waals surface area contributed by atoms with Crippen LogP contribution in [0.3, 0.4) is 0 Å². The maximum absolute atomic E-state index is 10.2. The van der Waals surface area contributed by atoms with Crippen molar-refractivity contribution in [1.29, 1.82) is 0 Å². The maximum Gasteiger partial charge on any atom is 0.151 e. The summed E-state index contributed by atoms with van der Waals surface area (Å²) in [6.45, 7) is 2.49. The Hall–Kier alpha value is -1.57. The van der Waals surface area contributed by atoms with Crippen LogP contribution in [0.1, 0.15) is 35.9 Å². The summed E-state index contributed by atoms with van der Waals surface area (Å²) in [6, 6.07) is 2.66. The molecular weight excluding hydrogens is 322 g/mol. The Bertz CT molecular complexity index is 686. The highest BCUT2D eigenvalue weighted by molar-refractivity contribution is 7.07. The highest BCUT2D eigenvalue weighted by Gasteiger charge is 2.32. The number of hydrogen-bond donors (Lipinski definition) is 1. The lowest BCUT2D eigenvalue weighted by atomic mass is 9.96. The van der Waals surface area contributed by atoms with Gasteiger partial charge in [-0.15, -0.1) is 16.4 Å². The summed E-state index contributed by atoms with van der Waals surface area (Å²) >= 11 is 1.52. The number of nitrogens with zero attached hydrogens (tertiary/aromatic N) is 5. The summed E-state index contributed by atoms with van der Waals surface area (Å²) in [4.78, 5) is 8.68. The molecule has 0 amide bonds. The number of aromatic nitrogens is 3. The number of aliphatic hydroxyl groups excluding tert-OH is 1. The molecule has 1 aliphatic carbocycles. The number of likely N-dealkylation sites (N-methyl/N-ethyl adjacent to an activating group) is 1. The van der Waals surface area contributed by atoms with Crippen LogP contribution in [-0.2, 0) is 12.8 Å². The molecule has 0 aromatic carbocycles. The third-order valence-corrected chi connectivity index (χ3v) is 5.72. The molecular formula is C17H23N5OS. The fourth-order valence-electron chi connectivity index (χ4n) is 3.46. The zero-order valence-electron chi connectivity index (χ0n) is 13.9. The van der Waals surface area contributed by atoms with Gasteiger partial charge in [-0.2, -0.15) is 5.10 Å². The van der Waals surface area contributed by atoms with E-state index in [0.29, 0.717) is 12.6 Å². The molecule has 1 N–H and O–H groups in total. The van der Waals surface area contributed by atoms with Crippen molar-refractivity contribution in [3.63, 3.8) is 0 Å². The Morgan fingerprint density at radius 1 is 1.33 bits per heavy atom. The Morgan fingerprint density at radius 3 is 2.96 bits per heavy atom. The number of aryl methyl sites for hydroxylation is 2. The smallest absolute Gasteiger partial charge is 0.151 e. The van der Waals surface area contributed by atoms with Crippen LogP contribution in [0.5, 0.6) is 0 Å². The van der Waals surface area contributed by atoms with Crippen molar-refractivity contribution >= 4 is 17.2 Å². The van der Waals surface area contributed by atoms with Crippen LogP contribution in [0.2, 0.25) is 0 Å². The molecule has 7 heteroatoms. The molecule has 1 fully saturated rings. The van der Waals surface area contributed by atoms with Crippen LogP contribution >= 0.6 is 11.3 Å². The van der Waals surface area contributed by atoms with E-state index in [-0.39, 0.29) is 0 Å². The lowest BCUT2D eigenvalue weighted by molar-refractivity contribution is 0.0921. The molecule has 0 spiro atoms. The van der Waals surface area contributed by atoms with Crippen LogP contribution in [0.25, 0.3) is 0 Å². The van der Waals surface area contributed by atoms with Crippen LogP contribution in [-0.4, -0.2) is 57.9 Å². The van der Waals surface area contributed by atoms with Crippen LogP contribution < -0.4 is 4.90 Å².